The van der Waals surface area contributed by atoms with Gasteiger partial charge in [0.2, 0.25) is 0 Å². The first kappa shape index (κ1) is 20.9. The third-order valence-corrected chi connectivity index (χ3v) is 5.63. The molecule has 29 heavy (non-hydrogen) atoms. The molecule has 1 aromatic heterocycles. The SMILES string of the molecule is CCC(C)C(NC(=O)C(C)Oc1cc(C)cc2oc(=O)c3c(c12)CCC3)C(=O)O. The number of rotatable bonds is 7. The van der Waals surface area contributed by atoms with Crippen molar-refractivity contribution in [3.8, 4) is 5.75 Å². The Kier molecular flexibility index (Phi) is 5.96. The molecule has 1 amide bonds. The molecule has 1 aliphatic rings. The average Bonchev–Trinajstić information content (AvgIpc) is 3.14. The summed E-state index contributed by atoms with van der Waals surface area (Å²) >= 11 is 0. The molecule has 156 valence electrons. The van der Waals surface area contributed by atoms with Gasteiger partial charge in [-0.2, -0.15) is 0 Å². The van der Waals surface area contributed by atoms with E-state index in [0.29, 0.717) is 29.7 Å². The molecular weight excluding hydrogens is 374 g/mol. The van der Waals surface area contributed by atoms with Crippen molar-refractivity contribution in [1.82, 2.24) is 5.32 Å². The van der Waals surface area contributed by atoms with E-state index in [0.717, 1.165) is 29.4 Å². The van der Waals surface area contributed by atoms with E-state index in [1.807, 2.05) is 19.9 Å². The summed E-state index contributed by atoms with van der Waals surface area (Å²) in [5.41, 5.74) is 2.56. The second kappa shape index (κ2) is 8.27. The predicted octanol–water partition coefficient (Wildman–Crippen LogP) is 2.97. The number of hydrogen-bond donors (Lipinski definition) is 2. The monoisotopic (exact) mass is 401 g/mol. The van der Waals surface area contributed by atoms with Crippen molar-refractivity contribution in [3.63, 3.8) is 0 Å². The van der Waals surface area contributed by atoms with E-state index in [2.05, 4.69) is 5.32 Å². The third-order valence-electron chi connectivity index (χ3n) is 5.63. The molecule has 3 atom stereocenters. The molecule has 2 aromatic rings. The molecule has 0 aliphatic heterocycles. The smallest absolute Gasteiger partial charge is 0.339 e. The van der Waals surface area contributed by atoms with Crippen molar-refractivity contribution in [2.24, 2.45) is 5.92 Å². The molecule has 0 saturated heterocycles. The first-order chi connectivity index (χ1) is 13.7. The molecule has 1 aromatic carbocycles. The van der Waals surface area contributed by atoms with Gasteiger partial charge in [-0.15, -0.1) is 0 Å². The number of carbonyl (C=O) groups excluding carboxylic acids is 1. The Labute approximate surface area is 169 Å². The van der Waals surface area contributed by atoms with E-state index in [4.69, 9.17) is 9.15 Å². The Balaban J connectivity index is 1.91. The fourth-order valence-corrected chi connectivity index (χ4v) is 3.80. The summed E-state index contributed by atoms with van der Waals surface area (Å²) in [5, 5.41) is 12.7. The minimum atomic E-state index is -1.07. The van der Waals surface area contributed by atoms with E-state index >= 15 is 0 Å². The number of carboxylic acids is 1. The minimum absolute atomic E-state index is 0.207. The van der Waals surface area contributed by atoms with Crippen molar-refractivity contribution in [2.45, 2.75) is 65.5 Å². The van der Waals surface area contributed by atoms with Crippen LogP contribution in [0, 0.1) is 12.8 Å². The van der Waals surface area contributed by atoms with Crippen LogP contribution < -0.4 is 15.7 Å². The Morgan fingerprint density at radius 3 is 2.59 bits per heavy atom. The first-order valence-electron chi connectivity index (χ1n) is 10.0. The molecule has 0 saturated carbocycles. The van der Waals surface area contributed by atoms with Gasteiger partial charge in [-0.3, -0.25) is 4.79 Å². The summed E-state index contributed by atoms with van der Waals surface area (Å²) in [6, 6.07) is 2.62. The number of aliphatic carboxylic acids is 1. The van der Waals surface area contributed by atoms with Gasteiger partial charge in [0, 0.05) is 5.56 Å². The van der Waals surface area contributed by atoms with Crippen molar-refractivity contribution < 1.29 is 23.8 Å². The van der Waals surface area contributed by atoms with Crippen LogP contribution in [0.25, 0.3) is 11.0 Å². The van der Waals surface area contributed by atoms with Gasteiger partial charge >= 0.3 is 11.6 Å². The number of nitrogens with one attached hydrogen (secondary N) is 1. The lowest BCUT2D eigenvalue weighted by Gasteiger charge is -2.23. The predicted molar refractivity (Wildman–Crippen MR) is 108 cm³/mol. The van der Waals surface area contributed by atoms with E-state index in [-0.39, 0.29) is 11.5 Å². The number of aryl methyl sites for hydroxylation is 2. The summed E-state index contributed by atoms with van der Waals surface area (Å²) in [6.45, 7) is 7.09. The standard InChI is InChI=1S/C22H27NO6/c1-5-12(3)19(21(25)26)23-20(24)13(4)28-16-9-11(2)10-17-18(16)14-7-6-8-15(14)22(27)29-17/h9-10,12-13,19H,5-8H2,1-4H3,(H,23,24)(H,25,26). The van der Waals surface area contributed by atoms with E-state index in [1.54, 1.807) is 19.9 Å². The summed E-state index contributed by atoms with van der Waals surface area (Å²) in [4.78, 5) is 36.3. The zero-order chi connectivity index (χ0) is 21.3. The lowest BCUT2D eigenvalue weighted by Crippen LogP contribution is -2.49. The molecule has 3 rings (SSSR count). The van der Waals surface area contributed by atoms with Crippen LogP contribution in [0.3, 0.4) is 0 Å². The number of amides is 1. The van der Waals surface area contributed by atoms with Crippen LogP contribution in [-0.2, 0) is 22.4 Å². The summed E-state index contributed by atoms with van der Waals surface area (Å²) < 4.78 is 11.5. The molecule has 7 heteroatoms. The Bertz CT molecular complexity index is 1010. The van der Waals surface area contributed by atoms with Gasteiger partial charge in [-0.25, -0.2) is 9.59 Å². The summed E-state index contributed by atoms with van der Waals surface area (Å²) in [6.07, 6.45) is 2.02. The van der Waals surface area contributed by atoms with Crippen LogP contribution in [0.1, 0.15) is 50.3 Å². The highest BCUT2D eigenvalue weighted by molar-refractivity contribution is 5.90. The normalized spacial score (nSPS) is 16.1. The molecule has 3 unspecified atom stereocenters. The Morgan fingerprint density at radius 1 is 1.24 bits per heavy atom. The van der Waals surface area contributed by atoms with Gasteiger partial charge in [0.25, 0.3) is 5.91 Å². The number of carboxylic acid groups (broad SMARTS) is 1. The maximum absolute atomic E-state index is 12.6. The van der Waals surface area contributed by atoms with E-state index in [9.17, 15) is 19.5 Å². The topological polar surface area (TPSA) is 106 Å². The second-order valence-electron chi connectivity index (χ2n) is 7.81. The lowest BCUT2D eigenvalue weighted by molar-refractivity contribution is -0.144. The number of carbonyl (C=O) groups is 2. The highest BCUT2D eigenvalue weighted by atomic mass is 16.5. The van der Waals surface area contributed by atoms with Crippen LogP contribution in [0.4, 0.5) is 0 Å². The van der Waals surface area contributed by atoms with Gasteiger partial charge in [0.05, 0.1) is 5.39 Å². The van der Waals surface area contributed by atoms with Crippen LogP contribution >= 0.6 is 0 Å². The highest BCUT2D eigenvalue weighted by Crippen LogP contribution is 2.35. The quantitative estimate of drug-likeness (QED) is 0.691. The zero-order valence-corrected chi connectivity index (χ0v) is 17.2. The van der Waals surface area contributed by atoms with Crippen molar-refractivity contribution in [2.75, 3.05) is 0 Å². The van der Waals surface area contributed by atoms with Crippen LogP contribution in [0.2, 0.25) is 0 Å². The minimum Gasteiger partial charge on any atom is -0.480 e. The fraction of sp³-hybridized carbons (Fsp3) is 0.500. The Morgan fingerprint density at radius 2 is 1.93 bits per heavy atom. The van der Waals surface area contributed by atoms with Gasteiger partial charge < -0.3 is 19.6 Å². The van der Waals surface area contributed by atoms with Crippen LogP contribution in [0.15, 0.2) is 21.3 Å². The molecule has 7 nitrogen and oxygen atoms in total. The van der Waals surface area contributed by atoms with E-state index in [1.165, 1.54) is 0 Å². The first-order valence-corrected chi connectivity index (χ1v) is 10.0. The third kappa shape index (κ3) is 4.13. The van der Waals surface area contributed by atoms with Crippen molar-refractivity contribution in [1.29, 1.82) is 0 Å². The van der Waals surface area contributed by atoms with Gasteiger partial charge in [0.15, 0.2) is 6.10 Å². The number of ether oxygens (including phenoxy) is 1. The summed E-state index contributed by atoms with van der Waals surface area (Å²) in [7, 11) is 0. The highest BCUT2D eigenvalue weighted by Gasteiger charge is 2.29. The molecule has 2 N–H and O–H groups in total. The number of benzene rings is 1. The fourth-order valence-electron chi connectivity index (χ4n) is 3.80. The molecule has 1 aliphatic carbocycles. The van der Waals surface area contributed by atoms with Gasteiger partial charge in [-0.05, 0) is 62.3 Å². The van der Waals surface area contributed by atoms with Crippen LogP contribution in [0.5, 0.6) is 5.75 Å². The molecule has 0 spiro atoms. The number of fused-ring (bicyclic) bond motifs is 3. The Hall–Kier alpha value is -2.83. The second-order valence-corrected chi connectivity index (χ2v) is 7.81. The van der Waals surface area contributed by atoms with Gasteiger partial charge in [-0.1, -0.05) is 20.3 Å². The zero-order valence-electron chi connectivity index (χ0n) is 17.2. The van der Waals surface area contributed by atoms with Crippen molar-refractivity contribution in [3.05, 3.63) is 39.2 Å². The molecule has 0 radical (unpaired) electrons. The molecule has 0 bridgehead atoms. The van der Waals surface area contributed by atoms with Crippen LogP contribution in [-0.4, -0.2) is 29.1 Å². The van der Waals surface area contributed by atoms with Crippen molar-refractivity contribution >= 4 is 22.8 Å². The maximum Gasteiger partial charge on any atom is 0.339 e. The van der Waals surface area contributed by atoms with Gasteiger partial charge in [0.1, 0.15) is 17.4 Å². The average molecular weight is 401 g/mol. The molecule has 0 fully saturated rings. The van der Waals surface area contributed by atoms with E-state index < -0.39 is 24.0 Å². The maximum atomic E-state index is 12.6. The summed E-state index contributed by atoms with van der Waals surface area (Å²) in [5.74, 6) is -1.30. The largest absolute Gasteiger partial charge is 0.480 e. The molecule has 1 heterocycles. The molecular formula is C22H27NO6. The number of hydrogen-bond acceptors (Lipinski definition) is 5. The lowest BCUT2D eigenvalue weighted by atomic mass is 9.99.